The maximum absolute atomic E-state index is 12.9. The van der Waals surface area contributed by atoms with E-state index in [1.54, 1.807) is 20.3 Å². The number of nitrogens with one attached hydrogen (secondary N) is 2. The lowest BCUT2D eigenvalue weighted by atomic mass is 9.75. The van der Waals surface area contributed by atoms with E-state index in [1.807, 2.05) is 36.4 Å². The molecule has 0 bridgehead atoms. The molecule has 1 unspecified atom stereocenters. The molecule has 3 N–H and O–H groups in total. The first-order chi connectivity index (χ1) is 17.0. The highest BCUT2D eigenvalue weighted by Gasteiger charge is 2.39. The van der Waals surface area contributed by atoms with Crippen LogP contribution in [0.1, 0.15) is 22.7 Å². The SMILES string of the molecule is COc1cc(NC(=O)Nc2ccccc2)c2c(c1O)-c1c(OC)c(OC)cc3c1C(C2)N(C)CC3. The first-order valence-corrected chi connectivity index (χ1v) is 11.5. The van der Waals surface area contributed by atoms with E-state index in [4.69, 9.17) is 14.2 Å². The predicted octanol–water partition coefficient (Wildman–Crippen LogP) is 4.81. The van der Waals surface area contributed by atoms with E-state index in [1.165, 1.54) is 12.7 Å². The number of amides is 2. The van der Waals surface area contributed by atoms with Crippen LogP contribution in [-0.2, 0) is 12.8 Å². The van der Waals surface area contributed by atoms with E-state index in [0.717, 1.165) is 29.7 Å². The summed E-state index contributed by atoms with van der Waals surface area (Å²) in [5, 5.41) is 17.2. The van der Waals surface area contributed by atoms with Crippen molar-refractivity contribution >= 4 is 17.4 Å². The Labute approximate surface area is 204 Å². The van der Waals surface area contributed by atoms with Crippen LogP contribution >= 0.6 is 0 Å². The van der Waals surface area contributed by atoms with Crippen LogP contribution in [0.4, 0.5) is 16.2 Å². The van der Waals surface area contributed by atoms with Crippen molar-refractivity contribution in [3.8, 4) is 34.1 Å². The summed E-state index contributed by atoms with van der Waals surface area (Å²) >= 11 is 0. The Hall–Kier alpha value is -3.91. The molecule has 1 atom stereocenters. The van der Waals surface area contributed by atoms with Gasteiger partial charge in [-0.1, -0.05) is 18.2 Å². The Morgan fingerprint density at radius 3 is 2.43 bits per heavy atom. The van der Waals surface area contributed by atoms with Gasteiger partial charge in [0.25, 0.3) is 0 Å². The van der Waals surface area contributed by atoms with Gasteiger partial charge in [-0.25, -0.2) is 4.79 Å². The van der Waals surface area contributed by atoms with Crippen molar-refractivity contribution in [2.24, 2.45) is 0 Å². The summed E-state index contributed by atoms with van der Waals surface area (Å²) in [5.41, 5.74) is 5.73. The molecular formula is C27H29N3O5. The molecule has 0 radical (unpaired) electrons. The van der Waals surface area contributed by atoms with E-state index in [9.17, 15) is 9.90 Å². The number of ether oxygens (including phenoxy) is 3. The number of hydrogen-bond acceptors (Lipinski definition) is 6. The van der Waals surface area contributed by atoms with Crippen molar-refractivity contribution in [1.29, 1.82) is 0 Å². The van der Waals surface area contributed by atoms with Gasteiger partial charge in [-0.15, -0.1) is 0 Å². The summed E-state index contributed by atoms with van der Waals surface area (Å²) in [6.45, 7) is 0.890. The third-order valence-corrected chi connectivity index (χ3v) is 6.91. The lowest BCUT2D eigenvalue weighted by molar-refractivity contribution is 0.226. The molecule has 0 saturated heterocycles. The summed E-state index contributed by atoms with van der Waals surface area (Å²) in [5.74, 6) is 1.43. The van der Waals surface area contributed by atoms with E-state index < -0.39 is 0 Å². The Bertz CT molecular complexity index is 1290. The lowest BCUT2D eigenvalue weighted by Gasteiger charge is -2.41. The number of para-hydroxylation sites is 1. The molecule has 182 valence electrons. The van der Waals surface area contributed by atoms with Gasteiger partial charge in [-0.05, 0) is 54.8 Å². The summed E-state index contributed by atoms with van der Waals surface area (Å²) < 4.78 is 17.0. The number of phenols is 1. The number of nitrogens with zero attached hydrogens (tertiary/aromatic N) is 1. The highest BCUT2D eigenvalue weighted by atomic mass is 16.5. The predicted molar refractivity (Wildman–Crippen MR) is 135 cm³/mol. The normalized spacial score (nSPS) is 16.1. The molecule has 0 saturated carbocycles. The van der Waals surface area contributed by atoms with Gasteiger partial charge in [0.1, 0.15) is 0 Å². The maximum atomic E-state index is 12.9. The molecule has 0 aromatic heterocycles. The number of benzene rings is 3. The van der Waals surface area contributed by atoms with E-state index in [-0.39, 0.29) is 23.6 Å². The van der Waals surface area contributed by atoms with E-state index in [0.29, 0.717) is 34.9 Å². The molecule has 1 aliphatic carbocycles. The fourth-order valence-electron chi connectivity index (χ4n) is 5.26. The standard InChI is InChI=1S/C27H29N3O5/c1-30-11-10-15-12-21(34-3)26(35-4)24-22(15)19(30)13-17-18(14-20(33-2)25(31)23(17)24)29-27(32)28-16-8-6-5-7-9-16/h5-9,12,14,19,31H,10-11,13H2,1-4H3,(H2,28,29,32). The highest BCUT2D eigenvalue weighted by molar-refractivity contribution is 6.02. The van der Waals surface area contributed by atoms with Gasteiger partial charge in [0.2, 0.25) is 0 Å². The second-order valence-electron chi connectivity index (χ2n) is 8.78. The van der Waals surface area contributed by atoms with Gasteiger partial charge >= 0.3 is 6.03 Å². The van der Waals surface area contributed by atoms with Crippen molar-refractivity contribution in [3.05, 3.63) is 59.2 Å². The molecule has 1 heterocycles. The van der Waals surface area contributed by atoms with Crippen LogP contribution in [0.25, 0.3) is 11.1 Å². The van der Waals surface area contributed by atoms with Gasteiger partial charge in [-0.3, -0.25) is 4.90 Å². The topological polar surface area (TPSA) is 92.3 Å². The smallest absolute Gasteiger partial charge is 0.323 e. The average Bonchev–Trinajstić information content (AvgIpc) is 2.87. The molecule has 0 fully saturated rings. The minimum Gasteiger partial charge on any atom is -0.504 e. The first-order valence-electron chi connectivity index (χ1n) is 11.5. The number of carbonyl (C=O) groups is 1. The van der Waals surface area contributed by atoms with Crippen LogP contribution in [0.5, 0.6) is 23.0 Å². The number of anilines is 2. The van der Waals surface area contributed by atoms with Crippen molar-refractivity contribution in [2.45, 2.75) is 18.9 Å². The fraction of sp³-hybridized carbons (Fsp3) is 0.296. The number of rotatable bonds is 5. The van der Waals surface area contributed by atoms with Crippen molar-refractivity contribution in [3.63, 3.8) is 0 Å². The van der Waals surface area contributed by atoms with Gasteiger partial charge in [0.05, 0.1) is 27.0 Å². The van der Waals surface area contributed by atoms with Crippen LogP contribution in [0, 0.1) is 0 Å². The van der Waals surface area contributed by atoms with Crippen molar-refractivity contribution in [1.82, 2.24) is 4.90 Å². The molecule has 3 aromatic rings. The van der Waals surface area contributed by atoms with Crippen LogP contribution in [-0.4, -0.2) is 51.0 Å². The lowest BCUT2D eigenvalue weighted by Crippen LogP contribution is -2.36. The number of aromatic hydroxyl groups is 1. The van der Waals surface area contributed by atoms with Gasteiger partial charge < -0.3 is 30.0 Å². The number of fused-ring (bicyclic) bond motifs is 2. The Morgan fingerprint density at radius 1 is 1.00 bits per heavy atom. The zero-order valence-corrected chi connectivity index (χ0v) is 20.3. The highest BCUT2D eigenvalue weighted by Crippen LogP contribution is 2.57. The average molecular weight is 476 g/mol. The number of methoxy groups -OCH3 is 3. The number of phenolic OH excluding ortho intramolecular Hbond substituents is 1. The molecule has 3 aromatic carbocycles. The van der Waals surface area contributed by atoms with Crippen LogP contribution < -0.4 is 24.8 Å². The molecule has 35 heavy (non-hydrogen) atoms. The zero-order valence-electron chi connectivity index (χ0n) is 20.3. The molecule has 8 nitrogen and oxygen atoms in total. The Balaban J connectivity index is 1.70. The summed E-state index contributed by atoms with van der Waals surface area (Å²) in [7, 11) is 6.80. The summed E-state index contributed by atoms with van der Waals surface area (Å²) in [4.78, 5) is 15.2. The van der Waals surface area contributed by atoms with Crippen LogP contribution in [0.3, 0.4) is 0 Å². The molecule has 8 heteroatoms. The quantitative estimate of drug-likeness (QED) is 0.459. The Kier molecular flexibility index (Phi) is 5.90. The van der Waals surface area contributed by atoms with E-state index in [2.05, 4.69) is 22.6 Å². The summed E-state index contributed by atoms with van der Waals surface area (Å²) in [6.07, 6.45) is 1.47. The molecule has 0 spiro atoms. The van der Waals surface area contributed by atoms with Gasteiger partial charge in [0, 0.05) is 35.5 Å². The molecule has 1 aliphatic heterocycles. The minimum absolute atomic E-state index is 0.0111. The summed E-state index contributed by atoms with van der Waals surface area (Å²) in [6, 6.07) is 12.6. The van der Waals surface area contributed by atoms with Gasteiger partial charge in [0.15, 0.2) is 23.0 Å². The van der Waals surface area contributed by atoms with Gasteiger partial charge in [-0.2, -0.15) is 0 Å². The van der Waals surface area contributed by atoms with Crippen LogP contribution in [0.2, 0.25) is 0 Å². The molecule has 5 rings (SSSR count). The molecular weight excluding hydrogens is 446 g/mol. The second kappa shape index (κ2) is 9.03. The maximum Gasteiger partial charge on any atom is 0.323 e. The number of urea groups is 1. The fourth-order valence-corrected chi connectivity index (χ4v) is 5.26. The molecule has 2 aliphatic rings. The minimum atomic E-state index is -0.382. The number of hydrogen-bond donors (Lipinski definition) is 3. The Morgan fingerprint density at radius 2 is 1.74 bits per heavy atom. The zero-order chi connectivity index (χ0) is 24.7. The monoisotopic (exact) mass is 475 g/mol. The second-order valence-corrected chi connectivity index (χ2v) is 8.78. The first kappa shape index (κ1) is 22.9. The largest absolute Gasteiger partial charge is 0.504 e. The van der Waals surface area contributed by atoms with Crippen molar-refractivity contribution < 1.29 is 24.1 Å². The van der Waals surface area contributed by atoms with Crippen LogP contribution in [0.15, 0.2) is 42.5 Å². The number of carbonyl (C=O) groups excluding carboxylic acids is 1. The van der Waals surface area contributed by atoms with Crippen molar-refractivity contribution in [2.75, 3.05) is 45.6 Å². The third kappa shape index (κ3) is 3.80. The third-order valence-electron chi connectivity index (χ3n) is 6.91. The molecule has 2 amide bonds. The van der Waals surface area contributed by atoms with E-state index >= 15 is 0 Å². The number of likely N-dealkylation sites (N-methyl/N-ethyl adjacent to an activating group) is 1.